The van der Waals surface area contributed by atoms with Gasteiger partial charge in [0.05, 0.1) is 18.8 Å². The smallest absolute Gasteiger partial charge is 0.324 e. The highest BCUT2D eigenvalue weighted by Gasteiger charge is 2.28. The molecule has 1 heterocycles. The molecule has 31 heavy (non-hydrogen) atoms. The summed E-state index contributed by atoms with van der Waals surface area (Å²) in [7, 11) is 0. The number of rotatable bonds is 6. The van der Waals surface area contributed by atoms with Gasteiger partial charge < -0.3 is 15.4 Å². The van der Waals surface area contributed by atoms with E-state index in [2.05, 4.69) is 10.6 Å². The van der Waals surface area contributed by atoms with E-state index in [-0.39, 0.29) is 24.9 Å². The number of ether oxygens (including phenoxy) is 1. The van der Waals surface area contributed by atoms with Gasteiger partial charge in [0.15, 0.2) is 5.75 Å². The van der Waals surface area contributed by atoms with Gasteiger partial charge in [-0.1, -0.05) is 36.4 Å². The minimum absolute atomic E-state index is 0.0171. The molecule has 1 saturated heterocycles. The second-order valence-electron chi connectivity index (χ2n) is 7.20. The van der Waals surface area contributed by atoms with E-state index in [1.807, 2.05) is 55.5 Å². The van der Waals surface area contributed by atoms with Gasteiger partial charge in [-0.2, -0.15) is 0 Å². The lowest BCUT2D eigenvalue weighted by atomic mass is 10.1. The van der Waals surface area contributed by atoms with E-state index >= 15 is 0 Å². The van der Waals surface area contributed by atoms with Crippen molar-refractivity contribution in [2.45, 2.75) is 13.5 Å². The molecule has 1 aliphatic heterocycles. The van der Waals surface area contributed by atoms with Crippen LogP contribution in [-0.2, 0) is 11.3 Å². The summed E-state index contributed by atoms with van der Waals surface area (Å²) in [4.78, 5) is 37.3. The van der Waals surface area contributed by atoms with Crippen molar-refractivity contribution in [3.8, 4) is 11.5 Å². The number of carbonyl (C=O) groups is 3. The number of urea groups is 1. The summed E-state index contributed by atoms with van der Waals surface area (Å²) in [5, 5.41) is 5.39. The summed E-state index contributed by atoms with van der Waals surface area (Å²) in [6, 6.07) is 21.3. The standard InChI is InChI=1S/C24H21N3O4/c1-16-7-12-21(31-19-5-3-2-4-6-19)20(13-16)26-23(29)18-10-8-17(9-11-18)15-27-22(28)14-25-24(27)30/h2-13H,14-15H2,1H3,(H,25,30)(H,26,29). The van der Waals surface area contributed by atoms with Crippen molar-refractivity contribution in [3.63, 3.8) is 0 Å². The van der Waals surface area contributed by atoms with Crippen LogP contribution in [0.3, 0.4) is 0 Å². The molecular formula is C24H21N3O4. The fourth-order valence-electron chi connectivity index (χ4n) is 3.20. The van der Waals surface area contributed by atoms with Gasteiger partial charge in [0.2, 0.25) is 5.91 Å². The van der Waals surface area contributed by atoms with Gasteiger partial charge in [-0.15, -0.1) is 0 Å². The molecular weight excluding hydrogens is 394 g/mol. The third-order valence-electron chi connectivity index (χ3n) is 4.85. The molecule has 3 aromatic carbocycles. The molecule has 0 unspecified atom stereocenters. The summed E-state index contributed by atoms with van der Waals surface area (Å²) in [6.07, 6.45) is 0. The number of benzene rings is 3. The predicted octanol–water partition coefficient (Wildman–Crippen LogP) is 4.09. The van der Waals surface area contributed by atoms with Crippen LogP contribution in [0.4, 0.5) is 10.5 Å². The number of anilines is 1. The molecule has 0 saturated carbocycles. The van der Waals surface area contributed by atoms with Gasteiger partial charge in [-0.3, -0.25) is 14.5 Å². The maximum atomic E-state index is 12.8. The Labute approximate surface area is 179 Å². The normalized spacial score (nSPS) is 13.1. The fraction of sp³-hybridized carbons (Fsp3) is 0.125. The van der Waals surface area contributed by atoms with E-state index in [1.165, 1.54) is 0 Å². The molecule has 0 radical (unpaired) electrons. The van der Waals surface area contributed by atoms with Crippen molar-refractivity contribution >= 4 is 23.5 Å². The topological polar surface area (TPSA) is 87.7 Å². The van der Waals surface area contributed by atoms with Gasteiger partial charge in [0, 0.05) is 5.56 Å². The lowest BCUT2D eigenvalue weighted by molar-refractivity contribution is -0.125. The Kier molecular flexibility index (Phi) is 5.66. The van der Waals surface area contributed by atoms with E-state index in [9.17, 15) is 14.4 Å². The Balaban J connectivity index is 1.47. The van der Waals surface area contributed by atoms with Crippen molar-refractivity contribution in [3.05, 3.63) is 89.5 Å². The molecule has 0 bridgehead atoms. The van der Waals surface area contributed by atoms with Gasteiger partial charge >= 0.3 is 6.03 Å². The second-order valence-corrected chi connectivity index (χ2v) is 7.20. The number of aryl methyl sites for hydroxylation is 1. The van der Waals surface area contributed by atoms with E-state index < -0.39 is 6.03 Å². The molecule has 0 atom stereocenters. The first-order valence-corrected chi connectivity index (χ1v) is 9.81. The monoisotopic (exact) mass is 415 g/mol. The molecule has 1 fully saturated rings. The number of amides is 4. The van der Waals surface area contributed by atoms with Crippen molar-refractivity contribution in [2.75, 3.05) is 11.9 Å². The maximum Gasteiger partial charge on any atom is 0.324 e. The summed E-state index contributed by atoms with van der Waals surface area (Å²) in [5.74, 6) is 0.661. The first-order valence-electron chi connectivity index (χ1n) is 9.81. The summed E-state index contributed by atoms with van der Waals surface area (Å²) in [6.45, 7) is 2.12. The zero-order valence-electron chi connectivity index (χ0n) is 16.9. The minimum atomic E-state index is -0.405. The average molecular weight is 415 g/mol. The fourth-order valence-corrected chi connectivity index (χ4v) is 3.20. The van der Waals surface area contributed by atoms with Gasteiger partial charge in [-0.25, -0.2) is 4.79 Å². The molecule has 0 aromatic heterocycles. The van der Waals surface area contributed by atoms with E-state index in [0.717, 1.165) is 16.0 Å². The third-order valence-corrected chi connectivity index (χ3v) is 4.85. The highest BCUT2D eigenvalue weighted by atomic mass is 16.5. The molecule has 0 aliphatic carbocycles. The molecule has 3 aromatic rings. The Morgan fingerprint density at radius 1 is 1.03 bits per heavy atom. The lowest BCUT2D eigenvalue weighted by Crippen LogP contribution is -2.30. The van der Waals surface area contributed by atoms with Crippen LogP contribution in [0.5, 0.6) is 11.5 Å². The van der Waals surface area contributed by atoms with Crippen molar-refractivity contribution < 1.29 is 19.1 Å². The minimum Gasteiger partial charge on any atom is -0.455 e. The first kappa shape index (κ1) is 20.2. The average Bonchev–Trinajstić information content (AvgIpc) is 3.09. The van der Waals surface area contributed by atoms with Crippen LogP contribution in [0.2, 0.25) is 0 Å². The zero-order valence-corrected chi connectivity index (χ0v) is 16.9. The summed E-state index contributed by atoms with van der Waals surface area (Å²) < 4.78 is 5.92. The van der Waals surface area contributed by atoms with Crippen LogP contribution < -0.4 is 15.4 Å². The maximum absolute atomic E-state index is 12.8. The summed E-state index contributed by atoms with van der Waals surface area (Å²) >= 11 is 0. The van der Waals surface area contributed by atoms with Crippen molar-refractivity contribution in [2.24, 2.45) is 0 Å². The molecule has 7 heteroatoms. The molecule has 1 aliphatic rings. The molecule has 156 valence electrons. The van der Waals surface area contributed by atoms with Crippen LogP contribution in [0.15, 0.2) is 72.8 Å². The molecule has 7 nitrogen and oxygen atoms in total. The van der Waals surface area contributed by atoms with Gasteiger partial charge in [-0.05, 0) is 54.4 Å². The van der Waals surface area contributed by atoms with Crippen LogP contribution in [0.25, 0.3) is 0 Å². The van der Waals surface area contributed by atoms with E-state index in [0.29, 0.717) is 22.7 Å². The number of nitrogens with zero attached hydrogens (tertiary/aromatic N) is 1. The number of para-hydroxylation sites is 1. The quantitative estimate of drug-likeness (QED) is 0.594. The third kappa shape index (κ3) is 4.72. The Morgan fingerprint density at radius 3 is 2.45 bits per heavy atom. The molecule has 4 amide bonds. The highest BCUT2D eigenvalue weighted by molar-refractivity contribution is 6.05. The number of carbonyl (C=O) groups excluding carboxylic acids is 3. The Hall–Kier alpha value is -4.13. The predicted molar refractivity (Wildman–Crippen MR) is 116 cm³/mol. The zero-order chi connectivity index (χ0) is 21.8. The highest BCUT2D eigenvalue weighted by Crippen LogP contribution is 2.30. The Bertz CT molecular complexity index is 1110. The van der Waals surface area contributed by atoms with Gasteiger partial charge in [0.25, 0.3) is 5.91 Å². The largest absolute Gasteiger partial charge is 0.455 e. The van der Waals surface area contributed by atoms with E-state index in [1.54, 1.807) is 24.3 Å². The number of hydrogen-bond donors (Lipinski definition) is 2. The van der Waals surface area contributed by atoms with Crippen molar-refractivity contribution in [1.82, 2.24) is 10.2 Å². The van der Waals surface area contributed by atoms with E-state index in [4.69, 9.17) is 4.74 Å². The molecule has 2 N–H and O–H groups in total. The van der Waals surface area contributed by atoms with Crippen LogP contribution in [0, 0.1) is 6.92 Å². The number of nitrogens with one attached hydrogen (secondary N) is 2. The Morgan fingerprint density at radius 2 is 1.77 bits per heavy atom. The van der Waals surface area contributed by atoms with Crippen LogP contribution in [-0.4, -0.2) is 29.3 Å². The summed E-state index contributed by atoms with van der Waals surface area (Å²) in [5.41, 5.74) is 2.76. The van der Waals surface area contributed by atoms with Crippen LogP contribution in [0.1, 0.15) is 21.5 Å². The second kappa shape index (κ2) is 8.71. The lowest BCUT2D eigenvalue weighted by Gasteiger charge is -2.14. The molecule has 4 rings (SSSR count). The SMILES string of the molecule is Cc1ccc(Oc2ccccc2)c(NC(=O)c2ccc(CN3C(=O)CNC3=O)cc2)c1. The van der Waals surface area contributed by atoms with Crippen molar-refractivity contribution in [1.29, 1.82) is 0 Å². The first-order chi connectivity index (χ1) is 15.0. The number of hydrogen-bond acceptors (Lipinski definition) is 4. The molecule has 0 spiro atoms. The van der Waals surface area contributed by atoms with Crippen LogP contribution >= 0.6 is 0 Å². The number of imide groups is 1. The van der Waals surface area contributed by atoms with Gasteiger partial charge in [0.1, 0.15) is 5.75 Å².